The molecule has 0 spiro atoms. The minimum Gasteiger partial charge on any atom is -0.480 e. The number of pyridine rings is 1. The molecule has 0 aliphatic carbocycles. The molecule has 2 radical (unpaired) electrons. The predicted molar refractivity (Wildman–Crippen MR) is 219 cm³/mol. The van der Waals surface area contributed by atoms with Crippen LogP contribution in [0.15, 0.2) is 42.6 Å². The van der Waals surface area contributed by atoms with Crippen molar-refractivity contribution in [2.24, 2.45) is 11.8 Å². The summed E-state index contributed by atoms with van der Waals surface area (Å²) in [5.74, 6) is 0.692. The van der Waals surface area contributed by atoms with Gasteiger partial charge in [-0.15, -0.1) is 0 Å². The highest BCUT2D eigenvalue weighted by atomic mass is 16.7. The summed E-state index contributed by atoms with van der Waals surface area (Å²) in [6.45, 7) is 26.0. The molecule has 0 bridgehead atoms. The van der Waals surface area contributed by atoms with Crippen molar-refractivity contribution in [3.05, 3.63) is 59.4 Å². The van der Waals surface area contributed by atoms with Gasteiger partial charge in [0.1, 0.15) is 23.7 Å². The molecule has 300 valence electrons. The first-order chi connectivity index (χ1) is 25.1. The highest BCUT2D eigenvalue weighted by molar-refractivity contribution is 6.05. The number of hydrogen-bond acceptors (Lipinski definition) is 8. The lowest BCUT2D eigenvalue weighted by Crippen LogP contribution is -2.38. The van der Waals surface area contributed by atoms with Crippen LogP contribution < -0.4 is 15.4 Å². The second kappa shape index (κ2) is 32.9. The van der Waals surface area contributed by atoms with Gasteiger partial charge in [-0.25, -0.2) is 4.79 Å². The molecule has 11 heteroatoms. The molecule has 3 atom stereocenters. The Labute approximate surface area is 323 Å². The number of amides is 1. The molecule has 0 fully saturated rings. The summed E-state index contributed by atoms with van der Waals surface area (Å²) in [4.78, 5) is 50.5. The van der Waals surface area contributed by atoms with Crippen LogP contribution in [0.1, 0.15) is 150 Å². The number of carboxylic acid groups (broad SMARTS) is 1. The summed E-state index contributed by atoms with van der Waals surface area (Å²) in [7, 11) is 4.50. The Morgan fingerprint density at radius 2 is 1.47 bits per heavy atom. The highest BCUT2D eigenvalue weighted by Gasteiger charge is 2.20. The lowest BCUT2D eigenvalue weighted by Gasteiger charge is -2.18. The van der Waals surface area contributed by atoms with Crippen LogP contribution in [0, 0.1) is 11.8 Å². The molecule has 10 nitrogen and oxygen atoms in total. The van der Waals surface area contributed by atoms with Crippen LogP contribution >= 0.6 is 0 Å². The monoisotopic (exact) mass is 742 g/mol. The molecule has 1 aromatic carbocycles. The first kappa shape index (κ1) is 53.6. The zero-order valence-corrected chi connectivity index (χ0v) is 35.2. The second-order valence-electron chi connectivity index (χ2n) is 13.6. The zero-order valence-electron chi connectivity index (χ0n) is 35.2. The maximum atomic E-state index is 12.2. The Kier molecular flexibility index (Phi) is 33.3. The highest BCUT2D eigenvalue weighted by Crippen LogP contribution is 2.17. The zero-order chi connectivity index (χ0) is 41.4. The number of benzene rings is 1. The molecule has 2 rings (SSSR count). The number of carbonyl (C=O) groups excluding carboxylic acids is 3. The number of aliphatic carboxylic acids is 1. The van der Waals surface area contributed by atoms with E-state index in [1.807, 2.05) is 13.8 Å². The average Bonchev–Trinajstić information content (AvgIpc) is 3.14. The quantitative estimate of drug-likeness (QED) is 0.0475. The third-order valence-corrected chi connectivity index (χ3v) is 7.81. The van der Waals surface area contributed by atoms with Crippen LogP contribution in [0.2, 0.25) is 6.82 Å². The van der Waals surface area contributed by atoms with Crippen LogP contribution in [-0.2, 0) is 27.3 Å². The molecule has 3 unspecified atom stereocenters. The minimum atomic E-state index is -1.05. The molecule has 0 saturated carbocycles. The third-order valence-electron chi connectivity index (χ3n) is 7.81. The smallest absolute Gasteiger partial charge is 0.480 e. The van der Waals surface area contributed by atoms with Crippen molar-refractivity contribution in [2.45, 2.75) is 166 Å². The maximum absolute atomic E-state index is 12.2. The molecular formula is C42H72BN3O7. The van der Waals surface area contributed by atoms with Gasteiger partial charge in [-0.1, -0.05) is 119 Å². The number of hydrogen-bond donors (Lipinski definition) is 3. The average molecular weight is 742 g/mol. The number of rotatable bonds is 17. The van der Waals surface area contributed by atoms with E-state index in [9.17, 15) is 24.3 Å². The van der Waals surface area contributed by atoms with Gasteiger partial charge in [0.25, 0.3) is 5.91 Å². The van der Waals surface area contributed by atoms with Crippen molar-refractivity contribution in [1.82, 2.24) is 15.6 Å². The van der Waals surface area contributed by atoms with Crippen LogP contribution in [0.4, 0.5) is 4.79 Å². The van der Waals surface area contributed by atoms with E-state index in [-0.39, 0.29) is 18.7 Å². The molecule has 53 heavy (non-hydrogen) atoms. The van der Waals surface area contributed by atoms with Crippen molar-refractivity contribution in [3.63, 3.8) is 0 Å². The number of aldehydes is 1. The molecule has 0 saturated heterocycles. The molecule has 3 N–H and O–H groups in total. The molecule has 0 aliphatic heterocycles. The Morgan fingerprint density at radius 1 is 0.906 bits per heavy atom. The fourth-order valence-corrected chi connectivity index (χ4v) is 4.05. The van der Waals surface area contributed by atoms with E-state index in [0.717, 1.165) is 11.8 Å². The van der Waals surface area contributed by atoms with E-state index < -0.39 is 35.7 Å². The van der Waals surface area contributed by atoms with E-state index in [0.29, 0.717) is 23.1 Å². The lowest BCUT2D eigenvalue weighted by molar-refractivity contribution is -0.139. The standard InChI is InChI=1S/C24H29N3O7.C9H20.C6H14.C2H6.CH3B/c1-15(14-28)27-21(29)17-9-10-25-18(12-17)13-26-20(22(30)31)11-16-5-7-19(8-6-16)33-23(32)34-24(2,3)4;1-4-6-7-8-9(3)5-2;1-4-6(3)5-2;2*1-2/h5-10,12,14-15,20,26H,11,13H2,1-4H3,(H,27,29)(H,30,31);9H,4-8H2,1-3H3;6H,4-5H2,1-3H3;1-2H3;1H3. The minimum absolute atomic E-state index is 0.112. The van der Waals surface area contributed by atoms with Crippen molar-refractivity contribution in [2.75, 3.05) is 0 Å². The third kappa shape index (κ3) is 29.4. The van der Waals surface area contributed by atoms with Gasteiger partial charge in [0.15, 0.2) is 0 Å². The van der Waals surface area contributed by atoms with Gasteiger partial charge in [0, 0.05) is 18.3 Å². The van der Waals surface area contributed by atoms with Gasteiger partial charge in [-0.2, -0.15) is 0 Å². The molecule has 1 amide bonds. The fourth-order valence-electron chi connectivity index (χ4n) is 4.05. The number of carboxylic acids is 1. The van der Waals surface area contributed by atoms with Gasteiger partial charge >= 0.3 is 12.1 Å². The second-order valence-corrected chi connectivity index (χ2v) is 13.6. The van der Waals surface area contributed by atoms with Crippen molar-refractivity contribution in [3.8, 4) is 5.75 Å². The fraction of sp³-hybridized carbons (Fsp3) is 0.643. The summed E-state index contributed by atoms with van der Waals surface area (Å²) in [5, 5.41) is 15.0. The Hall–Kier alpha value is -3.73. The summed E-state index contributed by atoms with van der Waals surface area (Å²) < 4.78 is 10.2. The molecule has 2 aromatic rings. The largest absolute Gasteiger partial charge is 0.514 e. The normalized spacial score (nSPS) is 11.9. The van der Waals surface area contributed by atoms with E-state index in [1.165, 1.54) is 70.1 Å². The molecule has 0 aliphatic rings. The SMILES string of the molecule is CC.CC(C=O)NC(=O)c1ccnc(CNC(Cc2ccc(OC(=O)OC(C)(C)C)cc2)C(=O)O)c1.CCC(C)CC.CCCCCC(C)CC.[B]C. The number of nitrogens with zero attached hydrogens (tertiary/aromatic N) is 1. The number of unbranched alkanes of at least 4 members (excludes halogenated alkanes) is 2. The summed E-state index contributed by atoms with van der Waals surface area (Å²) in [5.41, 5.74) is 0.816. The number of aromatic nitrogens is 1. The van der Waals surface area contributed by atoms with Crippen molar-refractivity contribution in [1.29, 1.82) is 0 Å². The van der Waals surface area contributed by atoms with E-state index in [1.54, 1.807) is 52.0 Å². The molecule has 1 heterocycles. The Bertz CT molecular complexity index is 1230. The molecule has 1 aromatic heterocycles. The Balaban J connectivity index is -0.00000108. The predicted octanol–water partition coefficient (Wildman–Crippen LogP) is 9.78. The van der Waals surface area contributed by atoms with Crippen LogP contribution in [0.25, 0.3) is 0 Å². The number of ether oxygens (including phenoxy) is 2. The van der Waals surface area contributed by atoms with Crippen molar-refractivity contribution < 1.29 is 33.8 Å². The number of nitrogens with one attached hydrogen (secondary N) is 2. The van der Waals surface area contributed by atoms with Gasteiger partial charge in [0.05, 0.1) is 19.6 Å². The van der Waals surface area contributed by atoms with Crippen molar-refractivity contribution >= 4 is 32.2 Å². The van der Waals surface area contributed by atoms with Crippen LogP contribution in [0.5, 0.6) is 5.75 Å². The number of carbonyl (C=O) groups is 4. The van der Waals surface area contributed by atoms with Gasteiger partial charge < -0.3 is 24.7 Å². The van der Waals surface area contributed by atoms with E-state index in [2.05, 4.69) is 65.0 Å². The van der Waals surface area contributed by atoms with Crippen LogP contribution in [0.3, 0.4) is 0 Å². The summed E-state index contributed by atoms with van der Waals surface area (Å²) >= 11 is 0. The van der Waals surface area contributed by atoms with Gasteiger partial charge in [0.2, 0.25) is 0 Å². The first-order valence-corrected chi connectivity index (χ1v) is 19.3. The lowest BCUT2D eigenvalue weighted by atomic mass is 10.0. The topological polar surface area (TPSA) is 144 Å². The van der Waals surface area contributed by atoms with E-state index in [4.69, 9.17) is 9.47 Å². The summed E-state index contributed by atoms with van der Waals surface area (Å²) in [6, 6.07) is 7.92. The molecular weight excluding hydrogens is 669 g/mol. The van der Waals surface area contributed by atoms with Crippen LogP contribution in [-0.4, -0.2) is 59.9 Å². The maximum Gasteiger partial charge on any atom is 0.514 e. The van der Waals surface area contributed by atoms with E-state index >= 15 is 0 Å². The van der Waals surface area contributed by atoms with Gasteiger partial charge in [-0.05, 0) is 75.8 Å². The van der Waals surface area contributed by atoms with Gasteiger partial charge in [-0.3, -0.25) is 19.9 Å². The first-order valence-electron chi connectivity index (χ1n) is 19.3. The summed E-state index contributed by atoms with van der Waals surface area (Å²) in [6.07, 6.45) is 11.1. The Morgan fingerprint density at radius 3 is 1.92 bits per heavy atom.